The minimum Gasteiger partial charge on any atom is -0.496 e. The van der Waals surface area contributed by atoms with Crippen LogP contribution >= 0.6 is 0 Å². The quantitative estimate of drug-likeness (QED) is 0.795. The maximum Gasteiger partial charge on any atom is 0.307 e. The van der Waals surface area contributed by atoms with Gasteiger partial charge in [-0.15, -0.1) is 0 Å². The summed E-state index contributed by atoms with van der Waals surface area (Å²) in [6, 6.07) is 4.10. The summed E-state index contributed by atoms with van der Waals surface area (Å²) in [7, 11) is 3.09. The van der Waals surface area contributed by atoms with E-state index in [4.69, 9.17) is 4.74 Å². The predicted octanol–water partition coefficient (Wildman–Crippen LogP) is 2.83. The predicted molar refractivity (Wildman–Crippen MR) is 74.6 cm³/mol. The van der Waals surface area contributed by atoms with Crippen molar-refractivity contribution in [3.8, 4) is 5.75 Å². The van der Waals surface area contributed by atoms with Gasteiger partial charge in [0.2, 0.25) is 0 Å². The van der Waals surface area contributed by atoms with Gasteiger partial charge in [-0.2, -0.15) is 0 Å². The van der Waals surface area contributed by atoms with Crippen LogP contribution < -0.4 is 4.74 Å². The zero-order chi connectivity index (χ0) is 14.0. The molecule has 0 aliphatic carbocycles. The van der Waals surface area contributed by atoms with Crippen LogP contribution in [0.2, 0.25) is 0 Å². The van der Waals surface area contributed by atoms with Gasteiger partial charge in [0, 0.05) is 24.2 Å². The van der Waals surface area contributed by atoms with Crippen molar-refractivity contribution in [3.63, 3.8) is 0 Å². The van der Waals surface area contributed by atoms with Gasteiger partial charge in [0.1, 0.15) is 5.75 Å². The summed E-state index contributed by atoms with van der Waals surface area (Å²) in [5.41, 5.74) is 3.45. The van der Waals surface area contributed by atoms with E-state index >= 15 is 0 Å². The molecule has 0 N–H and O–H groups in total. The van der Waals surface area contributed by atoms with Crippen LogP contribution in [0.1, 0.15) is 17.5 Å². The lowest BCUT2D eigenvalue weighted by Gasteiger charge is -2.11. The fourth-order valence-corrected chi connectivity index (χ4v) is 2.30. The van der Waals surface area contributed by atoms with Crippen molar-refractivity contribution >= 4 is 16.9 Å². The van der Waals surface area contributed by atoms with E-state index in [1.165, 1.54) is 18.1 Å². The van der Waals surface area contributed by atoms with Gasteiger partial charge in [-0.1, -0.05) is 0 Å². The number of carbonyl (C=O) groups excluding carboxylic acids is 1. The minimum absolute atomic E-state index is 0.197. The fourth-order valence-electron chi connectivity index (χ4n) is 2.30. The summed E-state index contributed by atoms with van der Waals surface area (Å²) >= 11 is 0. The molecule has 0 radical (unpaired) electrons. The third-order valence-corrected chi connectivity index (χ3v) is 3.61. The van der Waals surface area contributed by atoms with Crippen molar-refractivity contribution in [2.24, 2.45) is 0 Å². The summed E-state index contributed by atoms with van der Waals surface area (Å²) in [5.74, 6) is 0.681. The number of benzene rings is 1. The number of hydrogen-bond acceptors (Lipinski definition) is 3. The van der Waals surface area contributed by atoms with Gasteiger partial charge in [-0.05, 0) is 31.0 Å². The molecule has 0 fully saturated rings. The average Bonchev–Trinajstić information content (AvgIpc) is 2.83. The SMILES string of the molecule is COC(=O)CCn1ccc2c(C)c(C)c(OC)cc21. The van der Waals surface area contributed by atoms with E-state index in [-0.39, 0.29) is 5.97 Å². The Morgan fingerprint density at radius 3 is 2.63 bits per heavy atom. The molecule has 1 aromatic heterocycles. The van der Waals surface area contributed by atoms with Gasteiger partial charge in [-0.3, -0.25) is 4.79 Å². The van der Waals surface area contributed by atoms with Crippen LogP contribution in [0.3, 0.4) is 0 Å². The van der Waals surface area contributed by atoms with E-state index in [1.54, 1.807) is 7.11 Å². The molecule has 0 amide bonds. The number of esters is 1. The molecule has 102 valence electrons. The molecule has 4 heteroatoms. The Labute approximate surface area is 112 Å². The van der Waals surface area contributed by atoms with Crippen LogP contribution in [0.15, 0.2) is 18.3 Å². The second-order valence-electron chi connectivity index (χ2n) is 4.60. The molecule has 4 nitrogen and oxygen atoms in total. The summed E-state index contributed by atoms with van der Waals surface area (Å²) < 4.78 is 12.1. The third kappa shape index (κ3) is 2.43. The van der Waals surface area contributed by atoms with Crippen LogP contribution in [0.4, 0.5) is 0 Å². The number of fused-ring (bicyclic) bond motifs is 1. The molecule has 0 unspecified atom stereocenters. The highest BCUT2D eigenvalue weighted by Crippen LogP contribution is 2.30. The lowest BCUT2D eigenvalue weighted by atomic mass is 10.0. The fraction of sp³-hybridized carbons (Fsp3) is 0.400. The van der Waals surface area contributed by atoms with Gasteiger partial charge in [0.15, 0.2) is 0 Å². The first-order valence-corrected chi connectivity index (χ1v) is 6.28. The molecular weight excluding hydrogens is 242 g/mol. The van der Waals surface area contributed by atoms with E-state index in [1.807, 2.05) is 12.3 Å². The summed E-state index contributed by atoms with van der Waals surface area (Å²) in [4.78, 5) is 11.2. The highest BCUT2D eigenvalue weighted by atomic mass is 16.5. The Morgan fingerprint density at radius 2 is 2.00 bits per heavy atom. The molecule has 2 aromatic rings. The number of rotatable bonds is 4. The lowest BCUT2D eigenvalue weighted by molar-refractivity contribution is -0.140. The van der Waals surface area contributed by atoms with E-state index in [2.05, 4.69) is 29.2 Å². The Morgan fingerprint density at radius 1 is 1.26 bits per heavy atom. The molecule has 0 saturated carbocycles. The molecule has 0 atom stereocenters. The standard InChI is InChI=1S/C15H19NO3/c1-10-11(2)14(18-3)9-13-12(10)5-7-16(13)8-6-15(17)19-4/h5,7,9H,6,8H2,1-4H3. The van der Waals surface area contributed by atoms with Gasteiger partial charge >= 0.3 is 5.97 Å². The normalized spacial score (nSPS) is 10.7. The molecular formula is C15H19NO3. The monoisotopic (exact) mass is 261 g/mol. The molecule has 1 aromatic carbocycles. The summed E-state index contributed by atoms with van der Waals surface area (Å²) in [5, 5.41) is 1.20. The third-order valence-electron chi connectivity index (χ3n) is 3.61. The first-order valence-electron chi connectivity index (χ1n) is 6.28. The Balaban J connectivity index is 2.41. The number of hydrogen-bond donors (Lipinski definition) is 0. The van der Waals surface area contributed by atoms with E-state index in [0.29, 0.717) is 13.0 Å². The Bertz CT molecular complexity index is 613. The molecule has 19 heavy (non-hydrogen) atoms. The number of ether oxygens (including phenoxy) is 2. The van der Waals surface area contributed by atoms with Crippen LogP contribution in [0.5, 0.6) is 5.75 Å². The molecule has 0 saturated heterocycles. The van der Waals surface area contributed by atoms with E-state index in [9.17, 15) is 4.79 Å². The maximum absolute atomic E-state index is 11.2. The number of aryl methyl sites for hydroxylation is 2. The maximum atomic E-state index is 11.2. The van der Waals surface area contributed by atoms with Gasteiger partial charge < -0.3 is 14.0 Å². The van der Waals surface area contributed by atoms with Crippen LogP contribution in [-0.2, 0) is 16.1 Å². The number of nitrogens with zero attached hydrogens (tertiary/aromatic N) is 1. The molecule has 0 aliphatic rings. The van der Waals surface area contributed by atoms with Crippen molar-refractivity contribution < 1.29 is 14.3 Å². The van der Waals surface area contributed by atoms with E-state index < -0.39 is 0 Å². The minimum atomic E-state index is -0.197. The zero-order valence-corrected chi connectivity index (χ0v) is 11.8. The first kappa shape index (κ1) is 13.5. The van der Waals surface area contributed by atoms with Crippen molar-refractivity contribution in [3.05, 3.63) is 29.5 Å². The van der Waals surface area contributed by atoms with Gasteiger partial charge in [-0.25, -0.2) is 0 Å². The van der Waals surface area contributed by atoms with Crippen molar-refractivity contribution in [2.75, 3.05) is 14.2 Å². The van der Waals surface area contributed by atoms with Crippen molar-refractivity contribution in [1.82, 2.24) is 4.57 Å². The van der Waals surface area contributed by atoms with Crippen LogP contribution in [0, 0.1) is 13.8 Å². The number of carbonyl (C=O) groups is 1. The molecule has 1 heterocycles. The molecule has 0 aliphatic heterocycles. The molecule has 0 spiro atoms. The van der Waals surface area contributed by atoms with Gasteiger partial charge in [0.05, 0.1) is 26.2 Å². The Hall–Kier alpha value is -1.97. The largest absolute Gasteiger partial charge is 0.496 e. The average molecular weight is 261 g/mol. The van der Waals surface area contributed by atoms with Crippen molar-refractivity contribution in [1.29, 1.82) is 0 Å². The zero-order valence-electron chi connectivity index (χ0n) is 11.8. The second kappa shape index (κ2) is 5.34. The second-order valence-corrected chi connectivity index (χ2v) is 4.60. The number of methoxy groups -OCH3 is 2. The lowest BCUT2D eigenvalue weighted by Crippen LogP contribution is -2.06. The Kier molecular flexibility index (Phi) is 3.79. The number of aromatic nitrogens is 1. The first-order chi connectivity index (χ1) is 9.08. The molecule has 2 rings (SSSR count). The summed E-state index contributed by atoms with van der Waals surface area (Å²) in [6.45, 7) is 4.76. The van der Waals surface area contributed by atoms with Gasteiger partial charge in [0.25, 0.3) is 0 Å². The highest BCUT2D eigenvalue weighted by Gasteiger charge is 2.11. The van der Waals surface area contributed by atoms with Crippen molar-refractivity contribution in [2.45, 2.75) is 26.8 Å². The van der Waals surface area contributed by atoms with E-state index in [0.717, 1.165) is 16.8 Å². The topological polar surface area (TPSA) is 40.5 Å². The molecule has 0 bridgehead atoms. The highest BCUT2D eigenvalue weighted by molar-refractivity contribution is 5.86. The van der Waals surface area contributed by atoms with Crippen LogP contribution in [-0.4, -0.2) is 24.8 Å². The smallest absolute Gasteiger partial charge is 0.307 e. The summed E-state index contributed by atoms with van der Waals surface area (Å²) in [6.07, 6.45) is 2.37. The van der Waals surface area contributed by atoms with Crippen LogP contribution in [0.25, 0.3) is 10.9 Å².